The van der Waals surface area contributed by atoms with Gasteiger partial charge in [-0.15, -0.1) is 0 Å². The van der Waals surface area contributed by atoms with Crippen LogP contribution in [0.3, 0.4) is 0 Å². The van der Waals surface area contributed by atoms with Crippen LogP contribution in [0.25, 0.3) is 5.69 Å². The number of para-hydroxylation sites is 1. The standard InChI is InChI=1S/C22H25N3O3S/c1-15-7-5-6-8-19(15)25-12-11-23-22(25)29-14-21(26)24-16(2)18-13-17(27-3)9-10-20(18)28-4/h5-13,16H,14H2,1-4H3,(H,24,26). The highest BCUT2D eigenvalue weighted by molar-refractivity contribution is 7.99. The second kappa shape index (κ2) is 9.52. The first-order valence-corrected chi connectivity index (χ1v) is 10.3. The van der Waals surface area contributed by atoms with Crippen molar-refractivity contribution in [2.24, 2.45) is 0 Å². The molecule has 1 aromatic heterocycles. The van der Waals surface area contributed by atoms with Crippen LogP contribution in [-0.2, 0) is 4.79 Å². The van der Waals surface area contributed by atoms with Gasteiger partial charge in [-0.1, -0.05) is 30.0 Å². The lowest BCUT2D eigenvalue weighted by atomic mass is 10.1. The fourth-order valence-electron chi connectivity index (χ4n) is 3.08. The maximum absolute atomic E-state index is 12.5. The molecule has 1 N–H and O–H groups in total. The number of rotatable bonds is 8. The van der Waals surface area contributed by atoms with Gasteiger partial charge in [0.05, 0.1) is 31.7 Å². The molecule has 7 heteroatoms. The molecule has 3 aromatic rings. The Morgan fingerprint density at radius 3 is 2.72 bits per heavy atom. The zero-order chi connectivity index (χ0) is 20.8. The van der Waals surface area contributed by atoms with Gasteiger partial charge in [-0.05, 0) is 43.7 Å². The van der Waals surface area contributed by atoms with Gasteiger partial charge in [-0.2, -0.15) is 0 Å². The number of hydrogen-bond acceptors (Lipinski definition) is 5. The van der Waals surface area contributed by atoms with Crippen molar-refractivity contribution >= 4 is 17.7 Å². The zero-order valence-electron chi connectivity index (χ0n) is 17.0. The topological polar surface area (TPSA) is 65.4 Å². The smallest absolute Gasteiger partial charge is 0.230 e. The number of thioether (sulfide) groups is 1. The Bertz CT molecular complexity index is 987. The van der Waals surface area contributed by atoms with Gasteiger partial charge in [-0.3, -0.25) is 9.36 Å². The van der Waals surface area contributed by atoms with Gasteiger partial charge < -0.3 is 14.8 Å². The summed E-state index contributed by atoms with van der Waals surface area (Å²) in [6, 6.07) is 13.4. The van der Waals surface area contributed by atoms with Crippen LogP contribution in [-0.4, -0.2) is 35.4 Å². The third-order valence-corrected chi connectivity index (χ3v) is 5.56. The van der Waals surface area contributed by atoms with Gasteiger partial charge >= 0.3 is 0 Å². The summed E-state index contributed by atoms with van der Waals surface area (Å²) in [5, 5.41) is 3.80. The number of nitrogens with zero attached hydrogens (tertiary/aromatic N) is 2. The molecule has 1 unspecified atom stereocenters. The molecular formula is C22H25N3O3S. The second-order valence-corrected chi connectivity index (χ2v) is 7.49. The molecule has 0 aliphatic heterocycles. The molecule has 6 nitrogen and oxygen atoms in total. The number of imidazole rings is 1. The molecule has 3 rings (SSSR count). The molecule has 1 atom stereocenters. The molecule has 0 radical (unpaired) electrons. The van der Waals surface area contributed by atoms with Gasteiger partial charge in [0.15, 0.2) is 5.16 Å². The van der Waals surface area contributed by atoms with Gasteiger partial charge in [0, 0.05) is 18.0 Å². The van der Waals surface area contributed by atoms with Crippen molar-refractivity contribution in [2.45, 2.75) is 25.0 Å². The predicted molar refractivity (Wildman–Crippen MR) is 115 cm³/mol. The van der Waals surface area contributed by atoms with Crippen molar-refractivity contribution in [3.8, 4) is 17.2 Å². The van der Waals surface area contributed by atoms with E-state index in [1.54, 1.807) is 20.4 Å². The average molecular weight is 412 g/mol. The molecule has 2 aromatic carbocycles. The third kappa shape index (κ3) is 4.92. The van der Waals surface area contributed by atoms with E-state index in [9.17, 15) is 4.79 Å². The molecule has 29 heavy (non-hydrogen) atoms. The van der Waals surface area contributed by atoms with Crippen molar-refractivity contribution in [2.75, 3.05) is 20.0 Å². The normalized spacial score (nSPS) is 11.7. The first-order valence-electron chi connectivity index (χ1n) is 9.27. The van der Waals surface area contributed by atoms with Crippen LogP contribution >= 0.6 is 11.8 Å². The Morgan fingerprint density at radius 2 is 2.00 bits per heavy atom. The highest BCUT2D eigenvalue weighted by Gasteiger charge is 2.16. The summed E-state index contributed by atoms with van der Waals surface area (Å²) < 4.78 is 12.7. The van der Waals surface area contributed by atoms with Crippen molar-refractivity contribution in [1.82, 2.24) is 14.9 Å². The highest BCUT2D eigenvalue weighted by Crippen LogP contribution is 2.29. The molecule has 0 aliphatic rings. The first-order chi connectivity index (χ1) is 14.0. The molecule has 1 heterocycles. The summed E-state index contributed by atoms with van der Waals surface area (Å²) >= 11 is 1.40. The Hall–Kier alpha value is -2.93. The largest absolute Gasteiger partial charge is 0.497 e. The molecule has 1 amide bonds. The van der Waals surface area contributed by atoms with Crippen LogP contribution in [0.2, 0.25) is 0 Å². The monoisotopic (exact) mass is 411 g/mol. The summed E-state index contributed by atoms with van der Waals surface area (Å²) in [5.41, 5.74) is 3.07. The van der Waals surface area contributed by atoms with Crippen LogP contribution in [0.5, 0.6) is 11.5 Å². The van der Waals surface area contributed by atoms with E-state index in [4.69, 9.17) is 9.47 Å². The van der Waals surface area contributed by atoms with Crippen LogP contribution in [0.1, 0.15) is 24.1 Å². The van der Waals surface area contributed by atoms with E-state index in [1.165, 1.54) is 11.8 Å². The Labute approximate surface area is 175 Å². The molecule has 0 saturated carbocycles. The van der Waals surface area contributed by atoms with E-state index < -0.39 is 0 Å². The Balaban J connectivity index is 1.66. The lowest BCUT2D eigenvalue weighted by Crippen LogP contribution is -2.28. The quantitative estimate of drug-likeness (QED) is 0.564. The second-order valence-electron chi connectivity index (χ2n) is 6.55. The van der Waals surface area contributed by atoms with Gasteiger partial charge in [0.2, 0.25) is 5.91 Å². The number of methoxy groups -OCH3 is 2. The van der Waals surface area contributed by atoms with E-state index in [0.717, 1.165) is 27.7 Å². The summed E-state index contributed by atoms with van der Waals surface area (Å²) in [6.45, 7) is 3.98. The van der Waals surface area contributed by atoms with E-state index in [1.807, 2.05) is 54.1 Å². The van der Waals surface area contributed by atoms with E-state index in [2.05, 4.69) is 23.3 Å². The third-order valence-electron chi connectivity index (χ3n) is 4.60. The van der Waals surface area contributed by atoms with Crippen molar-refractivity contribution in [1.29, 1.82) is 0 Å². The van der Waals surface area contributed by atoms with E-state index >= 15 is 0 Å². The minimum atomic E-state index is -0.218. The maximum atomic E-state index is 12.5. The zero-order valence-corrected chi connectivity index (χ0v) is 17.8. The van der Waals surface area contributed by atoms with E-state index in [0.29, 0.717) is 5.75 Å². The maximum Gasteiger partial charge on any atom is 0.230 e. The lowest BCUT2D eigenvalue weighted by molar-refractivity contribution is -0.119. The number of amides is 1. The molecule has 0 spiro atoms. The minimum Gasteiger partial charge on any atom is -0.497 e. The summed E-state index contributed by atoms with van der Waals surface area (Å²) in [4.78, 5) is 17.0. The average Bonchev–Trinajstić information content (AvgIpc) is 3.20. The number of ether oxygens (including phenoxy) is 2. The number of aromatic nitrogens is 2. The number of hydrogen-bond donors (Lipinski definition) is 1. The molecule has 152 valence electrons. The minimum absolute atomic E-state index is 0.0771. The molecular weight excluding hydrogens is 386 g/mol. The van der Waals surface area contributed by atoms with E-state index in [-0.39, 0.29) is 17.7 Å². The van der Waals surface area contributed by atoms with Gasteiger partial charge in [0.1, 0.15) is 11.5 Å². The Morgan fingerprint density at radius 1 is 1.21 bits per heavy atom. The number of carbonyl (C=O) groups is 1. The van der Waals surface area contributed by atoms with Gasteiger partial charge in [0.25, 0.3) is 0 Å². The molecule has 0 fully saturated rings. The summed E-state index contributed by atoms with van der Waals surface area (Å²) in [7, 11) is 3.23. The lowest BCUT2D eigenvalue weighted by Gasteiger charge is -2.18. The first kappa shape index (κ1) is 20.8. The molecule has 0 aliphatic carbocycles. The fraction of sp³-hybridized carbons (Fsp3) is 0.273. The molecule has 0 saturated heterocycles. The molecule has 0 bridgehead atoms. The van der Waals surface area contributed by atoms with Crippen LogP contribution in [0, 0.1) is 6.92 Å². The van der Waals surface area contributed by atoms with Crippen molar-refractivity contribution < 1.29 is 14.3 Å². The summed E-state index contributed by atoms with van der Waals surface area (Å²) in [5.74, 6) is 1.61. The Kier molecular flexibility index (Phi) is 6.82. The number of nitrogens with one attached hydrogen (secondary N) is 1. The van der Waals surface area contributed by atoms with Crippen molar-refractivity contribution in [3.05, 3.63) is 66.0 Å². The SMILES string of the molecule is COc1ccc(OC)c(C(C)NC(=O)CSc2nccn2-c2ccccc2C)c1. The predicted octanol–water partition coefficient (Wildman–Crippen LogP) is 4.17. The summed E-state index contributed by atoms with van der Waals surface area (Å²) in [6.07, 6.45) is 3.66. The van der Waals surface area contributed by atoms with Crippen LogP contribution in [0.15, 0.2) is 60.0 Å². The van der Waals surface area contributed by atoms with Gasteiger partial charge in [-0.25, -0.2) is 4.98 Å². The number of aryl methyl sites for hydroxylation is 1. The number of carbonyl (C=O) groups excluding carboxylic acids is 1. The fourth-order valence-corrected chi connectivity index (χ4v) is 3.86. The highest BCUT2D eigenvalue weighted by atomic mass is 32.2. The van der Waals surface area contributed by atoms with Crippen LogP contribution in [0.4, 0.5) is 0 Å². The number of benzene rings is 2. The van der Waals surface area contributed by atoms with Crippen molar-refractivity contribution in [3.63, 3.8) is 0 Å². The van der Waals surface area contributed by atoms with Crippen LogP contribution < -0.4 is 14.8 Å².